The number of alkyl carbamates (subject to hydrolysis) is 1. The summed E-state index contributed by atoms with van der Waals surface area (Å²) in [6.45, 7) is 6.05. The highest BCUT2D eigenvalue weighted by molar-refractivity contribution is 6.21. The Bertz CT molecular complexity index is 639. The third-order valence-electron chi connectivity index (χ3n) is 3.31. The van der Waals surface area contributed by atoms with Gasteiger partial charge in [0.05, 0.1) is 11.1 Å². The van der Waals surface area contributed by atoms with E-state index in [4.69, 9.17) is 4.74 Å². The van der Waals surface area contributed by atoms with Crippen molar-refractivity contribution in [2.24, 2.45) is 0 Å². The maximum atomic E-state index is 12.1. The van der Waals surface area contributed by atoms with Gasteiger partial charge in [0.25, 0.3) is 11.8 Å². The normalized spacial score (nSPS) is 14.2. The number of amides is 3. The maximum Gasteiger partial charge on any atom is 0.407 e. The Balaban J connectivity index is 1.75. The van der Waals surface area contributed by atoms with Crippen LogP contribution in [0, 0.1) is 0 Å². The molecule has 1 aliphatic rings. The first-order valence-electron chi connectivity index (χ1n) is 7.86. The zero-order valence-electron chi connectivity index (χ0n) is 14.2. The second kappa shape index (κ2) is 7.29. The summed E-state index contributed by atoms with van der Waals surface area (Å²) in [6, 6.07) is 6.80. The predicted octanol–water partition coefficient (Wildman–Crippen LogP) is 2.75. The molecule has 1 aromatic carbocycles. The van der Waals surface area contributed by atoms with E-state index in [9.17, 15) is 14.4 Å². The lowest BCUT2D eigenvalue weighted by Crippen LogP contribution is -2.32. The number of carbonyl (C=O) groups is 3. The van der Waals surface area contributed by atoms with E-state index < -0.39 is 11.7 Å². The molecule has 0 unspecified atom stereocenters. The van der Waals surface area contributed by atoms with Crippen LogP contribution in [0.1, 0.15) is 47.9 Å². The van der Waals surface area contributed by atoms with Crippen LogP contribution in [0.25, 0.3) is 0 Å². The van der Waals surface area contributed by atoms with Gasteiger partial charge in [0.15, 0.2) is 0 Å². The standard InChI is InChI=1S/C18H22N2O4/c1-18(2,3)24-17(23)19-11-7-4-8-12-20-15(21)13-9-5-6-10-14(13)16(20)22/h4-6,8-10H,7,11-12H2,1-3H3,(H,19,23)/b8-4+. The number of imide groups is 1. The molecule has 0 radical (unpaired) electrons. The molecule has 1 aromatic rings. The van der Waals surface area contributed by atoms with Crippen LogP contribution in [0.4, 0.5) is 4.79 Å². The molecule has 0 aliphatic carbocycles. The second-order valence-electron chi connectivity index (χ2n) is 6.46. The van der Waals surface area contributed by atoms with Crippen LogP contribution in [-0.4, -0.2) is 41.5 Å². The van der Waals surface area contributed by atoms with Gasteiger partial charge in [-0.2, -0.15) is 0 Å². The van der Waals surface area contributed by atoms with E-state index in [1.807, 2.05) is 6.08 Å². The van der Waals surface area contributed by atoms with Gasteiger partial charge in [-0.15, -0.1) is 0 Å². The van der Waals surface area contributed by atoms with Crippen LogP contribution in [0.5, 0.6) is 0 Å². The largest absolute Gasteiger partial charge is 0.444 e. The number of ether oxygens (including phenoxy) is 1. The summed E-state index contributed by atoms with van der Waals surface area (Å²) in [5, 5.41) is 2.64. The smallest absolute Gasteiger partial charge is 0.407 e. The molecule has 1 N–H and O–H groups in total. The van der Waals surface area contributed by atoms with Gasteiger partial charge in [-0.1, -0.05) is 24.3 Å². The van der Waals surface area contributed by atoms with E-state index in [1.54, 1.807) is 51.1 Å². The van der Waals surface area contributed by atoms with Gasteiger partial charge in [-0.3, -0.25) is 14.5 Å². The number of benzene rings is 1. The molecule has 0 atom stereocenters. The Morgan fingerprint density at radius 2 is 1.71 bits per heavy atom. The van der Waals surface area contributed by atoms with E-state index in [1.165, 1.54) is 4.90 Å². The summed E-state index contributed by atoms with van der Waals surface area (Å²) in [5.41, 5.74) is 0.371. The lowest BCUT2D eigenvalue weighted by atomic mass is 10.1. The SMILES string of the molecule is CC(C)(C)OC(=O)NCC/C=C/CN1C(=O)c2ccccc2C1=O. The maximum absolute atomic E-state index is 12.1. The molecule has 128 valence electrons. The molecular formula is C18H22N2O4. The Kier molecular flexibility index (Phi) is 5.39. The van der Waals surface area contributed by atoms with E-state index in [2.05, 4.69) is 5.32 Å². The molecule has 0 spiro atoms. The molecule has 6 nitrogen and oxygen atoms in total. The Hall–Kier alpha value is -2.63. The van der Waals surface area contributed by atoms with Crippen LogP contribution in [0.15, 0.2) is 36.4 Å². The first-order valence-corrected chi connectivity index (χ1v) is 7.86. The first kappa shape index (κ1) is 17.7. The highest BCUT2D eigenvalue weighted by atomic mass is 16.6. The molecule has 24 heavy (non-hydrogen) atoms. The van der Waals surface area contributed by atoms with Crippen molar-refractivity contribution in [1.82, 2.24) is 10.2 Å². The average molecular weight is 330 g/mol. The van der Waals surface area contributed by atoms with Gasteiger partial charge in [-0.05, 0) is 39.3 Å². The number of nitrogens with zero attached hydrogens (tertiary/aromatic N) is 1. The first-order chi connectivity index (χ1) is 11.3. The number of nitrogens with one attached hydrogen (secondary N) is 1. The summed E-state index contributed by atoms with van der Waals surface area (Å²) >= 11 is 0. The van der Waals surface area contributed by atoms with Crippen molar-refractivity contribution in [3.63, 3.8) is 0 Å². The minimum absolute atomic E-state index is 0.221. The second-order valence-corrected chi connectivity index (χ2v) is 6.46. The van der Waals surface area contributed by atoms with E-state index in [-0.39, 0.29) is 18.4 Å². The number of rotatable bonds is 5. The van der Waals surface area contributed by atoms with Gasteiger partial charge in [0, 0.05) is 13.1 Å². The van der Waals surface area contributed by atoms with E-state index in [0.717, 1.165) is 0 Å². The summed E-state index contributed by atoms with van der Waals surface area (Å²) in [4.78, 5) is 37.0. The third-order valence-corrected chi connectivity index (χ3v) is 3.31. The van der Waals surface area contributed by atoms with Crippen LogP contribution >= 0.6 is 0 Å². The van der Waals surface area contributed by atoms with Gasteiger partial charge in [0.2, 0.25) is 0 Å². The lowest BCUT2D eigenvalue weighted by molar-refractivity contribution is 0.0528. The Morgan fingerprint density at radius 3 is 2.25 bits per heavy atom. The van der Waals surface area contributed by atoms with Crippen LogP contribution in [0.2, 0.25) is 0 Å². The molecule has 6 heteroatoms. The van der Waals surface area contributed by atoms with Crippen LogP contribution in [-0.2, 0) is 4.74 Å². The minimum Gasteiger partial charge on any atom is -0.444 e. The van der Waals surface area contributed by atoms with Crippen molar-refractivity contribution < 1.29 is 19.1 Å². The molecule has 0 saturated carbocycles. The fourth-order valence-corrected chi connectivity index (χ4v) is 2.27. The van der Waals surface area contributed by atoms with E-state index in [0.29, 0.717) is 24.1 Å². The number of hydrogen-bond acceptors (Lipinski definition) is 4. The molecule has 1 aliphatic heterocycles. The third kappa shape index (κ3) is 4.44. The highest BCUT2D eigenvalue weighted by Crippen LogP contribution is 2.21. The molecular weight excluding hydrogens is 308 g/mol. The molecule has 0 saturated heterocycles. The number of carbonyl (C=O) groups excluding carboxylic acids is 3. The number of hydrogen-bond donors (Lipinski definition) is 1. The van der Waals surface area contributed by atoms with Crippen molar-refractivity contribution in [2.75, 3.05) is 13.1 Å². The van der Waals surface area contributed by atoms with Gasteiger partial charge < -0.3 is 10.1 Å². The van der Waals surface area contributed by atoms with Gasteiger partial charge in [-0.25, -0.2) is 4.79 Å². The number of fused-ring (bicyclic) bond motifs is 1. The Morgan fingerprint density at radius 1 is 1.12 bits per heavy atom. The predicted molar refractivity (Wildman–Crippen MR) is 89.8 cm³/mol. The van der Waals surface area contributed by atoms with Gasteiger partial charge >= 0.3 is 6.09 Å². The molecule has 0 aromatic heterocycles. The van der Waals surface area contributed by atoms with Crippen molar-refractivity contribution in [3.8, 4) is 0 Å². The molecule has 0 fully saturated rings. The zero-order chi connectivity index (χ0) is 17.7. The van der Waals surface area contributed by atoms with Crippen molar-refractivity contribution >= 4 is 17.9 Å². The van der Waals surface area contributed by atoms with Crippen LogP contribution < -0.4 is 5.32 Å². The van der Waals surface area contributed by atoms with E-state index >= 15 is 0 Å². The molecule has 3 amide bonds. The summed E-state index contributed by atoms with van der Waals surface area (Å²) in [6.07, 6.45) is 3.69. The molecule has 1 heterocycles. The van der Waals surface area contributed by atoms with Gasteiger partial charge in [0.1, 0.15) is 5.60 Å². The summed E-state index contributed by atoms with van der Waals surface area (Å²) in [7, 11) is 0. The summed E-state index contributed by atoms with van der Waals surface area (Å²) in [5.74, 6) is -0.542. The lowest BCUT2D eigenvalue weighted by Gasteiger charge is -2.19. The van der Waals surface area contributed by atoms with Crippen LogP contribution in [0.3, 0.4) is 0 Å². The fraction of sp³-hybridized carbons (Fsp3) is 0.389. The average Bonchev–Trinajstić information content (AvgIpc) is 2.74. The molecule has 0 bridgehead atoms. The Labute approximate surface area is 141 Å². The monoisotopic (exact) mass is 330 g/mol. The fourth-order valence-electron chi connectivity index (χ4n) is 2.27. The quantitative estimate of drug-likeness (QED) is 0.512. The summed E-state index contributed by atoms with van der Waals surface area (Å²) < 4.78 is 5.12. The zero-order valence-corrected chi connectivity index (χ0v) is 14.2. The molecule has 2 rings (SSSR count). The highest BCUT2D eigenvalue weighted by Gasteiger charge is 2.33. The van der Waals surface area contributed by atoms with Crippen molar-refractivity contribution in [1.29, 1.82) is 0 Å². The van der Waals surface area contributed by atoms with Crippen molar-refractivity contribution in [2.45, 2.75) is 32.8 Å². The minimum atomic E-state index is -0.522. The topological polar surface area (TPSA) is 75.7 Å². The van der Waals surface area contributed by atoms with Crippen molar-refractivity contribution in [3.05, 3.63) is 47.5 Å².